The van der Waals surface area contributed by atoms with E-state index in [0.717, 1.165) is 22.0 Å². The first-order chi connectivity index (χ1) is 15.4. The van der Waals surface area contributed by atoms with Gasteiger partial charge in [0.25, 0.3) is 20.2 Å². The number of para-hydroxylation sites is 1. The fourth-order valence-corrected chi connectivity index (χ4v) is 3.37. The third-order valence-corrected chi connectivity index (χ3v) is 5.88. The number of anilines is 1. The molecule has 33 heavy (non-hydrogen) atoms. The topological polar surface area (TPSA) is 161 Å². The minimum atomic E-state index is -4.02. The highest BCUT2D eigenvalue weighted by Crippen LogP contribution is 2.10. The van der Waals surface area contributed by atoms with Crippen molar-refractivity contribution in [1.29, 1.82) is 0 Å². The van der Waals surface area contributed by atoms with E-state index in [0.29, 0.717) is 5.95 Å². The summed E-state index contributed by atoms with van der Waals surface area (Å²) in [5, 5.41) is 1.02. The van der Waals surface area contributed by atoms with Gasteiger partial charge in [0.1, 0.15) is 0 Å². The van der Waals surface area contributed by atoms with Gasteiger partial charge < -0.3 is 5.73 Å². The number of nitrogens with zero attached hydrogens (tertiary/aromatic N) is 2. The average Bonchev–Trinajstić information content (AvgIpc) is 2.74. The average molecular weight is 490 g/mol. The van der Waals surface area contributed by atoms with Gasteiger partial charge in [-0.3, -0.25) is 9.11 Å². The van der Waals surface area contributed by atoms with Crippen molar-refractivity contribution in [2.75, 3.05) is 5.73 Å². The normalized spacial score (nSPS) is 11.0. The van der Waals surface area contributed by atoms with Crippen LogP contribution in [0.2, 0.25) is 0 Å². The molecule has 174 valence electrons. The Morgan fingerprint density at radius 1 is 0.697 bits per heavy atom. The second-order valence-corrected chi connectivity index (χ2v) is 9.71. The van der Waals surface area contributed by atoms with Crippen LogP contribution in [0.5, 0.6) is 0 Å². The Kier molecular flexibility index (Phi) is 8.60. The predicted molar refractivity (Wildman–Crippen MR) is 126 cm³/mol. The Bertz CT molecular complexity index is 1350. The molecule has 3 aromatic carbocycles. The standard InChI is InChI=1S/C8H7N3.2C7H8O3S/c9-8-10-5-6-3-1-2-4-7(6)11-8;2*1-6-2-4-7(5-3-6)11(8,9)10/h1-5H,(H2,9,10,11);2*2-5H,1H3,(H,8,9,10). The van der Waals surface area contributed by atoms with Crippen LogP contribution in [-0.2, 0) is 20.2 Å². The summed E-state index contributed by atoms with van der Waals surface area (Å²) >= 11 is 0. The number of nitrogen functional groups attached to an aromatic ring is 1. The number of hydrogen-bond acceptors (Lipinski definition) is 7. The van der Waals surface area contributed by atoms with Crippen LogP contribution in [0.1, 0.15) is 11.1 Å². The first-order valence-electron chi connectivity index (χ1n) is 9.42. The molecule has 1 heterocycles. The number of aromatic nitrogens is 2. The van der Waals surface area contributed by atoms with Gasteiger partial charge in [-0.05, 0) is 44.2 Å². The minimum absolute atomic E-state index is 0.0666. The van der Waals surface area contributed by atoms with Crippen molar-refractivity contribution in [1.82, 2.24) is 9.97 Å². The molecule has 9 nitrogen and oxygen atoms in total. The van der Waals surface area contributed by atoms with Crippen molar-refractivity contribution in [3.05, 3.63) is 90.1 Å². The zero-order valence-corrected chi connectivity index (χ0v) is 19.5. The number of fused-ring (bicyclic) bond motifs is 1. The molecule has 0 unspecified atom stereocenters. The maximum absolute atomic E-state index is 10.5. The molecular formula is C22H23N3O6S2. The van der Waals surface area contributed by atoms with Gasteiger partial charge in [-0.15, -0.1) is 0 Å². The monoisotopic (exact) mass is 489 g/mol. The van der Waals surface area contributed by atoms with E-state index < -0.39 is 20.2 Å². The molecule has 1 aromatic heterocycles. The molecule has 0 aliphatic carbocycles. The van der Waals surface area contributed by atoms with Gasteiger partial charge in [-0.1, -0.05) is 53.6 Å². The first-order valence-corrected chi connectivity index (χ1v) is 12.3. The molecule has 4 rings (SSSR count). The van der Waals surface area contributed by atoms with E-state index in [1.54, 1.807) is 30.5 Å². The highest BCUT2D eigenvalue weighted by Gasteiger charge is 2.07. The molecule has 4 aromatic rings. The minimum Gasteiger partial charge on any atom is -0.368 e. The zero-order valence-electron chi connectivity index (χ0n) is 17.8. The van der Waals surface area contributed by atoms with Crippen molar-refractivity contribution in [2.45, 2.75) is 23.6 Å². The van der Waals surface area contributed by atoms with Crippen LogP contribution in [0.3, 0.4) is 0 Å². The third kappa shape index (κ3) is 8.58. The molecule has 11 heteroatoms. The summed E-state index contributed by atoms with van der Waals surface area (Å²) in [4.78, 5) is 7.78. The Labute approximate surface area is 192 Å². The van der Waals surface area contributed by atoms with Crippen LogP contribution in [0.25, 0.3) is 10.9 Å². The van der Waals surface area contributed by atoms with E-state index in [-0.39, 0.29) is 9.79 Å². The molecule has 0 atom stereocenters. The Morgan fingerprint density at radius 3 is 1.55 bits per heavy atom. The van der Waals surface area contributed by atoms with Crippen molar-refractivity contribution < 1.29 is 25.9 Å². The van der Waals surface area contributed by atoms with E-state index in [4.69, 9.17) is 14.8 Å². The lowest BCUT2D eigenvalue weighted by Crippen LogP contribution is -1.96. The van der Waals surface area contributed by atoms with E-state index in [1.807, 2.05) is 38.1 Å². The summed E-state index contributed by atoms with van der Waals surface area (Å²) < 4.78 is 59.1. The van der Waals surface area contributed by atoms with E-state index in [1.165, 1.54) is 24.3 Å². The van der Waals surface area contributed by atoms with Crippen LogP contribution < -0.4 is 5.73 Å². The second kappa shape index (κ2) is 11.0. The van der Waals surface area contributed by atoms with Crippen molar-refractivity contribution in [3.63, 3.8) is 0 Å². The van der Waals surface area contributed by atoms with Gasteiger partial charge in [0, 0.05) is 11.6 Å². The SMILES string of the molecule is Cc1ccc(S(=O)(=O)O)cc1.Cc1ccc(S(=O)(=O)O)cc1.Nc1ncc2ccccc2n1. The fourth-order valence-electron chi connectivity index (χ4n) is 2.41. The molecular weight excluding hydrogens is 466 g/mol. The van der Waals surface area contributed by atoms with Crippen molar-refractivity contribution >= 4 is 37.1 Å². The second-order valence-electron chi connectivity index (χ2n) is 6.86. The molecule has 0 aliphatic rings. The summed E-state index contributed by atoms with van der Waals surface area (Å²) in [5.74, 6) is 0.323. The van der Waals surface area contributed by atoms with Crippen LogP contribution in [-0.4, -0.2) is 35.9 Å². The number of rotatable bonds is 2. The van der Waals surface area contributed by atoms with Crippen LogP contribution >= 0.6 is 0 Å². The lowest BCUT2D eigenvalue weighted by molar-refractivity contribution is 0.481. The maximum Gasteiger partial charge on any atom is 0.294 e. The molecule has 0 radical (unpaired) electrons. The summed E-state index contributed by atoms with van der Waals surface area (Å²) in [6.07, 6.45) is 1.72. The molecule has 0 saturated carbocycles. The molecule has 0 aliphatic heterocycles. The Hall–Kier alpha value is -3.38. The van der Waals surface area contributed by atoms with Gasteiger partial charge in [-0.2, -0.15) is 16.8 Å². The van der Waals surface area contributed by atoms with Gasteiger partial charge in [0.15, 0.2) is 0 Å². The molecule has 0 saturated heterocycles. The van der Waals surface area contributed by atoms with E-state index in [2.05, 4.69) is 9.97 Å². The number of aryl methyl sites for hydroxylation is 2. The van der Waals surface area contributed by atoms with E-state index >= 15 is 0 Å². The predicted octanol–water partition coefficient (Wildman–Crippen LogP) is 3.70. The fraction of sp³-hybridized carbons (Fsp3) is 0.0909. The largest absolute Gasteiger partial charge is 0.368 e. The Morgan fingerprint density at radius 2 is 1.12 bits per heavy atom. The van der Waals surface area contributed by atoms with Crippen molar-refractivity contribution in [3.8, 4) is 0 Å². The molecule has 0 spiro atoms. The summed E-state index contributed by atoms with van der Waals surface area (Å²) in [7, 11) is -8.04. The molecule has 4 N–H and O–H groups in total. The van der Waals surface area contributed by atoms with Crippen LogP contribution in [0.15, 0.2) is 88.8 Å². The van der Waals surface area contributed by atoms with Gasteiger partial charge in [0.05, 0.1) is 15.3 Å². The summed E-state index contributed by atoms with van der Waals surface area (Å²) in [6, 6.07) is 19.7. The summed E-state index contributed by atoms with van der Waals surface area (Å²) in [6.45, 7) is 3.68. The molecule has 0 fully saturated rings. The molecule has 0 amide bonds. The highest BCUT2D eigenvalue weighted by atomic mass is 32.2. The number of benzene rings is 3. The zero-order chi connectivity index (χ0) is 24.6. The first kappa shape index (κ1) is 25.9. The summed E-state index contributed by atoms with van der Waals surface area (Å²) in [5.41, 5.74) is 8.20. The lowest BCUT2D eigenvalue weighted by Gasteiger charge is -1.95. The maximum atomic E-state index is 10.5. The number of hydrogen-bond donors (Lipinski definition) is 3. The number of nitrogens with two attached hydrogens (primary N) is 1. The van der Waals surface area contributed by atoms with Gasteiger partial charge >= 0.3 is 0 Å². The Balaban J connectivity index is 0.000000175. The smallest absolute Gasteiger partial charge is 0.294 e. The van der Waals surface area contributed by atoms with Gasteiger partial charge in [0.2, 0.25) is 5.95 Å². The molecule has 0 bridgehead atoms. The quantitative estimate of drug-likeness (QED) is 0.357. The third-order valence-electron chi connectivity index (χ3n) is 4.15. The van der Waals surface area contributed by atoms with E-state index in [9.17, 15) is 16.8 Å². The van der Waals surface area contributed by atoms with Crippen LogP contribution in [0.4, 0.5) is 5.95 Å². The van der Waals surface area contributed by atoms with Crippen molar-refractivity contribution in [2.24, 2.45) is 0 Å². The highest BCUT2D eigenvalue weighted by molar-refractivity contribution is 7.86. The lowest BCUT2D eigenvalue weighted by atomic mass is 10.2. The van der Waals surface area contributed by atoms with Crippen LogP contribution in [0, 0.1) is 13.8 Å². The van der Waals surface area contributed by atoms with Gasteiger partial charge in [-0.25, -0.2) is 9.97 Å².